The van der Waals surface area contributed by atoms with Crippen molar-refractivity contribution in [1.29, 1.82) is 0 Å². The van der Waals surface area contributed by atoms with Gasteiger partial charge < -0.3 is 15.4 Å². The second-order valence-corrected chi connectivity index (χ2v) is 4.55. The first-order valence-electron chi connectivity index (χ1n) is 4.95. The van der Waals surface area contributed by atoms with Gasteiger partial charge in [-0.1, -0.05) is 15.9 Å². The summed E-state index contributed by atoms with van der Waals surface area (Å²) in [5.41, 5.74) is 0.264. The summed E-state index contributed by atoms with van der Waals surface area (Å²) < 4.78 is 41.3. The van der Waals surface area contributed by atoms with E-state index in [4.69, 9.17) is 0 Å². The van der Waals surface area contributed by atoms with Gasteiger partial charge in [0.15, 0.2) is 0 Å². The number of amides is 2. The largest absolute Gasteiger partial charge is 0.573 e. The van der Waals surface area contributed by atoms with Crippen molar-refractivity contribution in [1.82, 2.24) is 10.6 Å². The van der Waals surface area contributed by atoms with Gasteiger partial charge in [-0.2, -0.15) is 0 Å². The van der Waals surface area contributed by atoms with E-state index >= 15 is 0 Å². The van der Waals surface area contributed by atoms with Gasteiger partial charge in [-0.3, -0.25) is 0 Å². The molecule has 0 aliphatic carbocycles. The Morgan fingerprint density at radius 1 is 1.39 bits per heavy atom. The minimum atomic E-state index is -4.77. The second-order valence-electron chi connectivity index (χ2n) is 3.64. The summed E-state index contributed by atoms with van der Waals surface area (Å²) in [5, 5.41) is 4.98. The molecule has 8 heteroatoms. The Balaban J connectivity index is 2.32. The van der Waals surface area contributed by atoms with Gasteiger partial charge in [0.2, 0.25) is 0 Å². The Labute approximate surface area is 109 Å². The van der Waals surface area contributed by atoms with Crippen molar-refractivity contribution in [3.63, 3.8) is 0 Å². The van der Waals surface area contributed by atoms with Crippen molar-refractivity contribution in [2.75, 3.05) is 6.54 Å². The number of alkyl halides is 3. The first-order valence-corrected chi connectivity index (χ1v) is 5.74. The van der Waals surface area contributed by atoms with Gasteiger partial charge in [0.1, 0.15) is 5.75 Å². The molecule has 0 bridgehead atoms. The van der Waals surface area contributed by atoms with Crippen molar-refractivity contribution in [2.45, 2.75) is 12.4 Å². The van der Waals surface area contributed by atoms with Crippen LogP contribution in [0.25, 0.3) is 0 Å². The smallest absolute Gasteiger partial charge is 0.405 e. The molecule has 1 aliphatic rings. The van der Waals surface area contributed by atoms with Crippen molar-refractivity contribution in [3.8, 4) is 5.75 Å². The first-order chi connectivity index (χ1) is 8.35. The number of ether oxygens (including phenoxy) is 1. The molecule has 0 radical (unpaired) electrons. The summed E-state index contributed by atoms with van der Waals surface area (Å²) in [6.45, 7) is 0.212. The number of nitrogens with one attached hydrogen (secondary N) is 2. The normalized spacial score (nSPS) is 19.3. The zero-order valence-electron chi connectivity index (χ0n) is 8.84. The van der Waals surface area contributed by atoms with E-state index in [0.29, 0.717) is 4.47 Å². The molecule has 1 fully saturated rings. The Kier molecular flexibility index (Phi) is 3.38. The Hall–Kier alpha value is -1.44. The van der Waals surface area contributed by atoms with E-state index in [1.54, 1.807) is 0 Å². The van der Waals surface area contributed by atoms with Crippen LogP contribution in [0.2, 0.25) is 0 Å². The van der Waals surface area contributed by atoms with Gasteiger partial charge in [0.25, 0.3) is 0 Å². The average molecular weight is 325 g/mol. The molecule has 0 spiro atoms. The summed E-state index contributed by atoms with van der Waals surface area (Å²) in [4.78, 5) is 11.0. The fourth-order valence-electron chi connectivity index (χ4n) is 1.65. The van der Waals surface area contributed by atoms with E-state index in [2.05, 4.69) is 31.3 Å². The lowest BCUT2D eigenvalue weighted by atomic mass is 10.1. The molecular weight excluding hydrogens is 317 g/mol. The van der Waals surface area contributed by atoms with Gasteiger partial charge in [0.05, 0.1) is 6.04 Å². The molecule has 98 valence electrons. The van der Waals surface area contributed by atoms with E-state index in [9.17, 15) is 18.0 Å². The van der Waals surface area contributed by atoms with Crippen LogP contribution in [0.15, 0.2) is 22.7 Å². The maximum Gasteiger partial charge on any atom is 0.573 e. The lowest BCUT2D eigenvalue weighted by molar-refractivity contribution is -0.275. The van der Waals surface area contributed by atoms with Crippen LogP contribution in [0.1, 0.15) is 11.6 Å². The molecule has 1 aromatic carbocycles. The molecule has 18 heavy (non-hydrogen) atoms. The number of carbonyl (C=O) groups excluding carboxylic acids is 1. The summed E-state index contributed by atoms with van der Waals surface area (Å²) in [7, 11) is 0. The van der Waals surface area contributed by atoms with E-state index in [1.807, 2.05) is 0 Å². The number of hydrogen-bond donors (Lipinski definition) is 2. The fourth-order valence-corrected chi connectivity index (χ4v) is 2.03. The zero-order chi connectivity index (χ0) is 13.3. The molecule has 1 saturated heterocycles. The van der Waals surface area contributed by atoms with E-state index in [0.717, 1.165) is 0 Å². The number of hydrogen-bond acceptors (Lipinski definition) is 2. The van der Waals surface area contributed by atoms with Gasteiger partial charge >= 0.3 is 12.4 Å². The molecule has 0 aromatic heterocycles. The van der Waals surface area contributed by atoms with Gasteiger partial charge in [-0.25, -0.2) is 4.79 Å². The quantitative estimate of drug-likeness (QED) is 0.878. The van der Waals surface area contributed by atoms with E-state index in [-0.39, 0.29) is 17.9 Å². The topological polar surface area (TPSA) is 50.4 Å². The highest BCUT2D eigenvalue weighted by Crippen LogP contribution is 2.33. The molecule has 4 nitrogen and oxygen atoms in total. The standard InChI is InChI=1S/C10H8BrF3N2O2/c11-5-1-2-8(18-10(12,13)14)6(3-5)7-4-15-9(17)16-7/h1-3,7H,4H2,(H2,15,16,17)/t7-/m0/s1. The van der Waals surface area contributed by atoms with E-state index < -0.39 is 18.4 Å². The third kappa shape index (κ3) is 3.06. The average Bonchev–Trinajstić information content (AvgIpc) is 2.65. The molecule has 0 saturated carbocycles. The Morgan fingerprint density at radius 3 is 2.67 bits per heavy atom. The first kappa shape index (κ1) is 13.0. The molecule has 2 rings (SSSR count). The summed E-state index contributed by atoms with van der Waals surface area (Å²) >= 11 is 3.17. The number of urea groups is 1. The summed E-state index contributed by atoms with van der Waals surface area (Å²) in [5.74, 6) is -0.320. The maximum absolute atomic E-state index is 12.2. The molecule has 1 aliphatic heterocycles. The van der Waals surface area contributed by atoms with Crippen molar-refractivity contribution >= 4 is 22.0 Å². The van der Waals surface area contributed by atoms with Gasteiger partial charge in [-0.05, 0) is 18.2 Å². The third-order valence-electron chi connectivity index (χ3n) is 2.35. The highest BCUT2D eigenvalue weighted by molar-refractivity contribution is 9.10. The van der Waals surface area contributed by atoms with Crippen molar-refractivity contribution in [3.05, 3.63) is 28.2 Å². The van der Waals surface area contributed by atoms with Gasteiger partial charge in [0, 0.05) is 16.6 Å². The molecule has 1 atom stereocenters. The summed E-state index contributed by atoms with van der Waals surface area (Å²) in [6, 6.07) is 3.16. The van der Waals surface area contributed by atoms with Crippen molar-refractivity contribution in [2.24, 2.45) is 0 Å². The number of rotatable bonds is 2. The van der Waals surface area contributed by atoms with Crippen LogP contribution >= 0.6 is 15.9 Å². The van der Waals surface area contributed by atoms with E-state index in [1.165, 1.54) is 18.2 Å². The van der Waals surface area contributed by atoms with Crippen LogP contribution in [-0.4, -0.2) is 18.9 Å². The molecule has 2 N–H and O–H groups in total. The molecule has 2 amide bonds. The van der Waals surface area contributed by atoms with Gasteiger partial charge in [-0.15, -0.1) is 13.2 Å². The molecule has 1 aromatic rings. The Bertz CT molecular complexity index is 479. The Morgan fingerprint density at radius 2 is 2.11 bits per heavy atom. The second kappa shape index (κ2) is 4.68. The van der Waals surface area contributed by atoms with Crippen LogP contribution < -0.4 is 15.4 Å². The van der Waals surface area contributed by atoms with Crippen LogP contribution in [0, 0.1) is 0 Å². The third-order valence-corrected chi connectivity index (χ3v) is 2.84. The minimum absolute atomic E-state index is 0.212. The number of benzene rings is 1. The van der Waals surface area contributed by atoms with Crippen molar-refractivity contribution < 1.29 is 22.7 Å². The number of carbonyl (C=O) groups is 1. The fraction of sp³-hybridized carbons (Fsp3) is 0.300. The monoisotopic (exact) mass is 324 g/mol. The number of halogens is 4. The summed E-state index contributed by atoms with van der Waals surface area (Å²) in [6.07, 6.45) is -4.77. The van der Waals surface area contributed by atoms with Crippen LogP contribution in [0.3, 0.4) is 0 Å². The lowest BCUT2D eigenvalue weighted by Crippen LogP contribution is -2.23. The minimum Gasteiger partial charge on any atom is -0.405 e. The predicted octanol–water partition coefficient (Wildman–Crippen LogP) is 2.70. The highest BCUT2D eigenvalue weighted by atomic mass is 79.9. The lowest BCUT2D eigenvalue weighted by Gasteiger charge is -2.17. The van der Waals surface area contributed by atoms with Crippen LogP contribution in [-0.2, 0) is 0 Å². The maximum atomic E-state index is 12.2. The van der Waals surface area contributed by atoms with Crippen LogP contribution in [0.5, 0.6) is 5.75 Å². The molecular formula is C10H8BrF3N2O2. The molecule has 1 heterocycles. The SMILES string of the molecule is O=C1NC[C@@H](c2cc(Br)ccc2OC(F)(F)F)N1. The zero-order valence-corrected chi connectivity index (χ0v) is 10.4. The predicted molar refractivity (Wildman–Crippen MR) is 60.1 cm³/mol. The van der Waals surface area contributed by atoms with Crippen LogP contribution in [0.4, 0.5) is 18.0 Å². The highest BCUT2D eigenvalue weighted by Gasteiger charge is 2.34. The molecule has 0 unspecified atom stereocenters.